The molecule has 34 heavy (non-hydrogen) atoms. The van der Waals surface area contributed by atoms with Crippen LogP contribution >= 0.6 is 7.82 Å². The summed E-state index contributed by atoms with van der Waals surface area (Å²) in [5.74, 6) is 0.150. The number of anilines is 1. The van der Waals surface area contributed by atoms with E-state index in [1.807, 2.05) is 30.3 Å². The summed E-state index contributed by atoms with van der Waals surface area (Å²) in [6.45, 7) is 4.90. The zero-order valence-electron chi connectivity index (χ0n) is 18.8. The summed E-state index contributed by atoms with van der Waals surface area (Å²) in [6.07, 6.45) is -1.86. The maximum absolute atomic E-state index is 13.6. The molecule has 2 saturated heterocycles. The molecule has 4 heterocycles. The first-order chi connectivity index (χ1) is 16.0. The van der Waals surface area contributed by atoms with E-state index < -0.39 is 43.8 Å². The van der Waals surface area contributed by atoms with Gasteiger partial charge in [0.15, 0.2) is 17.7 Å². The van der Waals surface area contributed by atoms with Crippen LogP contribution in [0.3, 0.4) is 0 Å². The van der Waals surface area contributed by atoms with Crippen molar-refractivity contribution in [2.75, 3.05) is 5.73 Å². The van der Waals surface area contributed by atoms with E-state index in [9.17, 15) is 14.8 Å². The van der Waals surface area contributed by atoms with Gasteiger partial charge in [-0.3, -0.25) is 18.1 Å². The van der Waals surface area contributed by atoms with Gasteiger partial charge in [-0.15, -0.1) is 0 Å². The van der Waals surface area contributed by atoms with Gasteiger partial charge >= 0.3 is 7.82 Å². The van der Waals surface area contributed by atoms with Gasteiger partial charge in [-0.1, -0.05) is 30.3 Å². The lowest BCUT2D eigenvalue weighted by atomic mass is 9.96. The number of phosphoric ester groups is 1. The number of aliphatic hydroxyl groups excluding tert-OH is 1. The number of nitrogens with zero attached hydrogens (tertiary/aromatic N) is 4. The highest BCUT2D eigenvalue weighted by atomic mass is 31.2. The van der Waals surface area contributed by atoms with Crippen LogP contribution in [0.5, 0.6) is 0 Å². The molecule has 2 aliphatic rings. The molecule has 0 bridgehead atoms. The van der Waals surface area contributed by atoms with Gasteiger partial charge < -0.3 is 20.7 Å². The Morgan fingerprint density at radius 1 is 1.21 bits per heavy atom. The largest absolute Gasteiger partial charge is 0.478 e. The Labute approximate surface area is 195 Å². The van der Waals surface area contributed by atoms with Gasteiger partial charge in [0.25, 0.3) is 0 Å². The number of benzene rings is 1. The molecule has 0 radical (unpaired) electrons. The van der Waals surface area contributed by atoms with Crippen molar-refractivity contribution in [2.24, 2.45) is 0 Å². The average Bonchev–Trinajstić information content (AvgIpc) is 3.28. The van der Waals surface area contributed by atoms with Gasteiger partial charge in [0, 0.05) is 6.42 Å². The molecule has 0 amide bonds. The number of hydrogen-bond donors (Lipinski definition) is 3. The second-order valence-electron chi connectivity index (χ2n) is 9.22. The van der Waals surface area contributed by atoms with Crippen molar-refractivity contribution in [3.05, 3.63) is 48.5 Å². The van der Waals surface area contributed by atoms with Crippen molar-refractivity contribution >= 4 is 24.8 Å². The third kappa shape index (κ3) is 4.01. The number of nitrogen functional groups attached to an aromatic ring is 1. The Kier molecular flexibility index (Phi) is 5.53. The van der Waals surface area contributed by atoms with Crippen LogP contribution in [0.4, 0.5) is 5.82 Å². The predicted octanol–water partition coefficient (Wildman–Crippen LogP) is 2.46. The average molecular weight is 491 g/mol. The van der Waals surface area contributed by atoms with Crippen LogP contribution in [0.2, 0.25) is 0 Å². The summed E-state index contributed by atoms with van der Waals surface area (Å²) >= 11 is 0. The van der Waals surface area contributed by atoms with Crippen molar-refractivity contribution < 1.29 is 33.1 Å². The Morgan fingerprint density at radius 3 is 2.68 bits per heavy atom. The lowest BCUT2D eigenvalue weighted by molar-refractivity contribution is -0.156. The number of ether oxygens (including phenoxy) is 1. The lowest BCUT2D eigenvalue weighted by Crippen LogP contribution is -2.44. The van der Waals surface area contributed by atoms with Gasteiger partial charge in [-0.25, -0.2) is 19.5 Å². The van der Waals surface area contributed by atoms with Crippen LogP contribution in [0.15, 0.2) is 43.0 Å². The second-order valence-corrected chi connectivity index (χ2v) is 10.7. The second kappa shape index (κ2) is 8.06. The molecule has 2 aliphatic heterocycles. The SMILES string of the molecule is CC1(C)C[C@H](c2ccccc2)O[P@](=O)(OC2O[C@@H](n3cnc4c(N)ncnc43)[C@](C)(O)[C@@H]2O)O1. The van der Waals surface area contributed by atoms with Crippen molar-refractivity contribution in [2.45, 2.75) is 63.1 Å². The van der Waals surface area contributed by atoms with E-state index in [0.29, 0.717) is 11.9 Å². The molecule has 12 nitrogen and oxygen atoms in total. The van der Waals surface area contributed by atoms with Gasteiger partial charge in [0.05, 0.1) is 18.0 Å². The van der Waals surface area contributed by atoms with Gasteiger partial charge in [0.2, 0.25) is 6.29 Å². The number of aliphatic hydroxyl groups is 2. The van der Waals surface area contributed by atoms with Crippen LogP contribution < -0.4 is 5.73 Å². The van der Waals surface area contributed by atoms with Crippen molar-refractivity contribution in [3.8, 4) is 0 Å². The van der Waals surface area contributed by atoms with Crippen molar-refractivity contribution in [1.82, 2.24) is 19.5 Å². The Bertz CT molecular complexity index is 1250. The minimum Gasteiger partial charge on any atom is -0.385 e. The molecular weight excluding hydrogens is 465 g/mol. The smallest absolute Gasteiger partial charge is 0.385 e. The van der Waals surface area contributed by atoms with Crippen molar-refractivity contribution in [3.63, 3.8) is 0 Å². The first-order valence-corrected chi connectivity index (χ1v) is 12.2. The Hall–Kier alpha value is -2.44. The fraction of sp³-hybridized carbons (Fsp3) is 0.476. The van der Waals surface area contributed by atoms with E-state index >= 15 is 0 Å². The number of phosphoric acid groups is 1. The molecule has 0 spiro atoms. The summed E-state index contributed by atoms with van der Waals surface area (Å²) in [6, 6.07) is 9.29. The highest BCUT2D eigenvalue weighted by Crippen LogP contribution is 2.63. The standard InChI is InChI=1S/C21H26N5O7P/c1-20(2)9-13(12-7-5-4-6-8-12)31-34(29,33-20)32-18-15(27)21(3,28)19(30-18)26-11-25-14-16(22)23-10-24-17(14)26/h4-8,10-11,13,15,18-19,27-28H,9H2,1-3H3,(H2,22,23,24)/t13-,15-,18?,19-,21-,34-/m1/s1. The third-order valence-corrected chi connectivity index (χ3v) is 7.65. The molecular formula is C21H26N5O7P. The first-order valence-electron chi connectivity index (χ1n) is 10.7. The number of rotatable bonds is 4. The zero-order chi connectivity index (χ0) is 24.3. The first kappa shape index (κ1) is 23.3. The Morgan fingerprint density at radius 2 is 1.94 bits per heavy atom. The monoisotopic (exact) mass is 491 g/mol. The predicted molar refractivity (Wildman–Crippen MR) is 119 cm³/mol. The van der Waals surface area contributed by atoms with E-state index in [1.165, 1.54) is 24.1 Å². The number of aromatic nitrogens is 4. The summed E-state index contributed by atoms with van der Waals surface area (Å²) < 4.78 is 37.9. The molecule has 2 aromatic heterocycles. The topological polar surface area (TPSA) is 164 Å². The normalized spacial score (nSPS) is 35.6. The van der Waals surface area contributed by atoms with E-state index in [1.54, 1.807) is 13.8 Å². The van der Waals surface area contributed by atoms with E-state index in [0.717, 1.165) is 5.56 Å². The molecule has 3 aromatic rings. The number of nitrogens with two attached hydrogens (primary N) is 1. The van der Waals surface area contributed by atoms with Gasteiger partial charge in [-0.2, -0.15) is 0 Å². The summed E-state index contributed by atoms with van der Waals surface area (Å²) in [5, 5.41) is 21.9. The van der Waals surface area contributed by atoms with E-state index in [4.69, 9.17) is 24.0 Å². The molecule has 5 rings (SSSR count). The fourth-order valence-corrected chi connectivity index (χ4v) is 6.00. The molecule has 0 saturated carbocycles. The molecule has 1 aromatic carbocycles. The number of fused-ring (bicyclic) bond motifs is 1. The van der Waals surface area contributed by atoms with Gasteiger partial charge in [0.1, 0.15) is 23.5 Å². The van der Waals surface area contributed by atoms with Crippen LogP contribution in [-0.2, 0) is 22.9 Å². The maximum atomic E-state index is 13.6. The molecule has 6 atom stereocenters. The molecule has 1 unspecified atom stereocenters. The lowest BCUT2D eigenvalue weighted by Gasteiger charge is -2.39. The van der Waals surface area contributed by atoms with Gasteiger partial charge in [-0.05, 0) is 26.3 Å². The highest BCUT2D eigenvalue weighted by molar-refractivity contribution is 7.48. The third-order valence-electron chi connectivity index (χ3n) is 5.96. The summed E-state index contributed by atoms with van der Waals surface area (Å²) in [7, 11) is -4.23. The van der Waals surface area contributed by atoms with Crippen LogP contribution in [0, 0.1) is 0 Å². The maximum Gasteiger partial charge on any atom is 0.478 e. The Balaban J connectivity index is 1.43. The van der Waals surface area contributed by atoms with Crippen LogP contribution in [-0.4, -0.2) is 53.3 Å². The van der Waals surface area contributed by atoms with E-state index in [-0.39, 0.29) is 11.5 Å². The minimum absolute atomic E-state index is 0.150. The summed E-state index contributed by atoms with van der Waals surface area (Å²) in [5.41, 5.74) is 4.52. The van der Waals surface area contributed by atoms with Crippen LogP contribution in [0.1, 0.15) is 45.1 Å². The number of imidazole rings is 1. The highest BCUT2D eigenvalue weighted by Gasteiger charge is 2.58. The molecule has 0 aliphatic carbocycles. The molecule has 4 N–H and O–H groups in total. The molecule has 2 fully saturated rings. The number of hydrogen-bond acceptors (Lipinski definition) is 11. The minimum atomic E-state index is -4.23. The summed E-state index contributed by atoms with van der Waals surface area (Å²) in [4.78, 5) is 12.2. The van der Waals surface area contributed by atoms with Crippen molar-refractivity contribution in [1.29, 1.82) is 0 Å². The van der Waals surface area contributed by atoms with Crippen LogP contribution in [0.25, 0.3) is 11.2 Å². The fourth-order valence-electron chi connectivity index (χ4n) is 4.25. The molecule has 13 heteroatoms. The molecule has 182 valence electrons. The van der Waals surface area contributed by atoms with E-state index in [2.05, 4.69) is 15.0 Å². The zero-order valence-corrected chi connectivity index (χ0v) is 19.7. The quantitative estimate of drug-likeness (QED) is 0.459.